The summed E-state index contributed by atoms with van der Waals surface area (Å²) in [5.74, 6) is -0.0998. The zero-order chi connectivity index (χ0) is 16.2. The normalized spacial score (nSPS) is 12.7. The van der Waals surface area contributed by atoms with Crippen LogP contribution >= 0.6 is 27.3 Å². The van der Waals surface area contributed by atoms with E-state index in [0.29, 0.717) is 10.6 Å². The molecule has 4 nitrogen and oxygen atoms in total. The molecule has 0 saturated heterocycles. The van der Waals surface area contributed by atoms with Crippen LogP contribution in [0.3, 0.4) is 0 Å². The first kappa shape index (κ1) is 16.2. The van der Waals surface area contributed by atoms with Gasteiger partial charge in [0.1, 0.15) is 5.75 Å². The number of esters is 1. The maximum Gasteiger partial charge on any atom is 0.344 e. The topological polar surface area (TPSA) is 52.6 Å². The summed E-state index contributed by atoms with van der Waals surface area (Å²) in [4.78, 5) is 24.1. The van der Waals surface area contributed by atoms with Crippen molar-refractivity contribution in [3.8, 4) is 5.75 Å². The zero-order valence-corrected chi connectivity index (χ0v) is 14.7. The van der Waals surface area contributed by atoms with Crippen LogP contribution in [-0.2, 0) is 22.4 Å². The van der Waals surface area contributed by atoms with Gasteiger partial charge in [0.05, 0.1) is 8.66 Å². The Bertz CT molecular complexity index is 738. The highest BCUT2D eigenvalue weighted by molar-refractivity contribution is 9.11. The number of Topliss-reactive ketones (excluding diaryl/α,β-unsaturated/α-hetero) is 1. The van der Waals surface area contributed by atoms with Gasteiger partial charge in [0.2, 0.25) is 5.78 Å². The number of aryl methyl sites for hydroxylation is 2. The molecule has 0 bridgehead atoms. The highest BCUT2D eigenvalue weighted by atomic mass is 79.9. The average Bonchev–Trinajstić information content (AvgIpc) is 3.18. The number of carbonyl (C=O) groups excluding carboxylic acids is 2. The minimum atomic E-state index is -0.547. The summed E-state index contributed by atoms with van der Waals surface area (Å²) in [7, 11) is 0. The van der Waals surface area contributed by atoms with E-state index in [1.54, 1.807) is 12.1 Å². The number of carbonyl (C=O) groups is 2. The van der Waals surface area contributed by atoms with Crippen LogP contribution in [0.2, 0.25) is 0 Å². The third kappa shape index (κ3) is 4.20. The number of rotatable bonds is 6. The number of ether oxygens (including phenoxy) is 2. The molecule has 0 atom stereocenters. The van der Waals surface area contributed by atoms with Crippen molar-refractivity contribution in [1.82, 2.24) is 0 Å². The van der Waals surface area contributed by atoms with E-state index in [2.05, 4.69) is 15.9 Å². The highest BCUT2D eigenvalue weighted by Gasteiger charge is 2.14. The first-order valence-corrected chi connectivity index (χ1v) is 8.91. The fourth-order valence-corrected chi connectivity index (χ4v) is 3.81. The van der Waals surface area contributed by atoms with Gasteiger partial charge in [0.25, 0.3) is 0 Å². The van der Waals surface area contributed by atoms with Crippen molar-refractivity contribution in [3.05, 3.63) is 50.1 Å². The van der Waals surface area contributed by atoms with Gasteiger partial charge in [-0.15, -0.1) is 11.3 Å². The van der Waals surface area contributed by atoms with Gasteiger partial charge in [-0.3, -0.25) is 4.79 Å². The molecule has 0 amide bonds. The second-order valence-electron chi connectivity index (χ2n) is 5.26. The minimum absolute atomic E-state index is 0.194. The quantitative estimate of drug-likeness (QED) is 0.552. The van der Waals surface area contributed by atoms with Crippen LogP contribution in [0.4, 0.5) is 0 Å². The lowest BCUT2D eigenvalue weighted by atomic mass is 10.1. The van der Waals surface area contributed by atoms with Crippen molar-refractivity contribution in [2.45, 2.75) is 19.3 Å². The number of thiophene rings is 1. The van der Waals surface area contributed by atoms with Crippen LogP contribution in [0.1, 0.15) is 27.2 Å². The van der Waals surface area contributed by atoms with E-state index in [9.17, 15) is 9.59 Å². The summed E-state index contributed by atoms with van der Waals surface area (Å²) in [6, 6.07) is 9.37. The third-order valence-electron chi connectivity index (χ3n) is 3.64. The van der Waals surface area contributed by atoms with Crippen molar-refractivity contribution in [1.29, 1.82) is 0 Å². The molecular formula is C17H15BrO4S. The molecule has 1 aromatic carbocycles. The molecule has 0 unspecified atom stereocenters. The average molecular weight is 395 g/mol. The smallest absolute Gasteiger partial charge is 0.344 e. The van der Waals surface area contributed by atoms with Crippen LogP contribution in [-0.4, -0.2) is 25.0 Å². The number of ketones is 1. The Morgan fingerprint density at radius 3 is 2.70 bits per heavy atom. The Kier molecular flexibility index (Phi) is 5.13. The van der Waals surface area contributed by atoms with Gasteiger partial charge in [-0.2, -0.15) is 0 Å². The number of fused-ring (bicyclic) bond motifs is 1. The molecule has 6 heteroatoms. The van der Waals surface area contributed by atoms with E-state index in [1.807, 2.05) is 18.2 Å². The summed E-state index contributed by atoms with van der Waals surface area (Å²) in [6.45, 7) is -0.459. The molecule has 0 N–H and O–H groups in total. The monoisotopic (exact) mass is 394 g/mol. The molecule has 1 aromatic heterocycles. The summed E-state index contributed by atoms with van der Waals surface area (Å²) < 4.78 is 11.3. The van der Waals surface area contributed by atoms with Crippen LogP contribution in [0.25, 0.3) is 0 Å². The van der Waals surface area contributed by atoms with Gasteiger partial charge in [-0.25, -0.2) is 4.79 Å². The van der Waals surface area contributed by atoms with Crippen LogP contribution in [0.5, 0.6) is 5.75 Å². The van der Waals surface area contributed by atoms with E-state index in [0.717, 1.165) is 16.6 Å². The molecule has 1 heterocycles. The summed E-state index contributed by atoms with van der Waals surface area (Å²) in [5.41, 5.74) is 2.64. The Hall–Kier alpha value is -1.66. The molecule has 1 aliphatic rings. The minimum Gasteiger partial charge on any atom is -0.482 e. The van der Waals surface area contributed by atoms with Gasteiger partial charge >= 0.3 is 5.97 Å². The highest BCUT2D eigenvalue weighted by Crippen LogP contribution is 2.26. The maximum absolute atomic E-state index is 11.8. The van der Waals surface area contributed by atoms with Crippen molar-refractivity contribution in [2.75, 3.05) is 13.2 Å². The van der Waals surface area contributed by atoms with Crippen LogP contribution in [0.15, 0.2) is 34.1 Å². The lowest BCUT2D eigenvalue weighted by molar-refractivity contribution is -0.144. The SMILES string of the molecule is O=C(COc1ccc2c(c1)CCC2)OCC(=O)c1ccc(Br)s1. The maximum atomic E-state index is 11.8. The first-order chi connectivity index (χ1) is 11.1. The number of hydrogen-bond acceptors (Lipinski definition) is 5. The standard InChI is InChI=1S/C17H15BrO4S/c18-16-7-6-15(23-16)14(19)9-22-17(20)10-21-13-5-4-11-2-1-3-12(11)8-13/h4-8H,1-3,9-10H2. The fourth-order valence-electron chi connectivity index (χ4n) is 2.50. The number of benzene rings is 1. The largest absolute Gasteiger partial charge is 0.482 e. The van der Waals surface area contributed by atoms with E-state index in [-0.39, 0.29) is 19.0 Å². The van der Waals surface area contributed by atoms with Crippen molar-refractivity contribution < 1.29 is 19.1 Å². The molecule has 0 radical (unpaired) electrons. The second kappa shape index (κ2) is 7.27. The summed E-state index contributed by atoms with van der Waals surface area (Å²) in [5, 5.41) is 0. The van der Waals surface area contributed by atoms with E-state index >= 15 is 0 Å². The predicted octanol–water partition coefficient (Wildman–Crippen LogP) is 3.80. The Balaban J connectivity index is 1.45. The summed E-state index contributed by atoms with van der Waals surface area (Å²) >= 11 is 4.60. The molecule has 0 spiro atoms. The molecule has 23 heavy (non-hydrogen) atoms. The van der Waals surface area contributed by atoms with E-state index in [4.69, 9.17) is 9.47 Å². The molecular weight excluding hydrogens is 380 g/mol. The van der Waals surface area contributed by atoms with Crippen molar-refractivity contribution in [2.24, 2.45) is 0 Å². The molecule has 2 aromatic rings. The Morgan fingerprint density at radius 2 is 1.91 bits per heavy atom. The molecule has 3 rings (SSSR count). The Labute approximate surface area is 146 Å². The van der Waals surface area contributed by atoms with Crippen LogP contribution in [0, 0.1) is 0 Å². The fraction of sp³-hybridized carbons (Fsp3) is 0.294. The van der Waals surface area contributed by atoms with E-state index in [1.165, 1.54) is 28.9 Å². The lowest BCUT2D eigenvalue weighted by Crippen LogP contribution is -2.19. The van der Waals surface area contributed by atoms with Gasteiger partial charge < -0.3 is 9.47 Å². The first-order valence-electron chi connectivity index (χ1n) is 7.30. The van der Waals surface area contributed by atoms with Gasteiger partial charge in [0.15, 0.2) is 13.2 Å². The van der Waals surface area contributed by atoms with Gasteiger partial charge in [0, 0.05) is 0 Å². The molecule has 0 saturated carbocycles. The van der Waals surface area contributed by atoms with Crippen LogP contribution < -0.4 is 4.74 Å². The predicted molar refractivity (Wildman–Crippen MR) is 91.3 cm³/mol. The van der Waals surface area contributed by atoms with Crippen molar-refractivity contribution >= 4 is 39.0 Å². The second-order valence-corrected chi connectivity index (χ2v) is 7.72. The van der Waals surface area contributed by atoms with Gasteiger partial charge in [-0.1, -0.05) is 6.07 Å². The molecule has 1 aliphatic carbocycles. The summed E-state index contributed by atoms with van der Waals surface area (Å²) in [6.07, 6.45) is 3.34. The number of halogens is 1. The number of hydrogen-bond donors (Lipinski definition) is 0. The zero-order valence-electron chi connectivity index (χ0n) is 12.3. The van der Waals surface area contributed by atoms with E-state index < -0.39 is 5.97 Å². The van der Waals surface area contributed by atoms with Crippen molar-refractivity contribution in [3.63, 3.8) is 0 Å². The third-order valence-corrected chi connectivity index (χ3v) is 5.30. The lowest BCUT2D eigenvalue weighted by Gasteiger charge is -2.08. The molecule has 0 fully saturated rings. The molecule has 0 aliphatic heterocycles. The Morgan fingerprint density at radius 1 is 1.09 bits per heavy atom. The van der Waals surface area contributed by atoms with Gasteiger partial charge in [-0.05, 0) is 70.6 Å². The molecule has 120 valence electrons.